The van der Waals surface area contributed by atoms with E-state index in [0.29, 0.717) is 40.4 Å². The molecule has 0 aliphatic rings. The molecule has 0 amide bonds. The van der Waals surface area contributed by atoms with Crippen LogP contribution in [0.1, 0.15) is 74.3 Å². The summed E-state index contributed by atoms with van der Waals surface area (Å²) in [6.07, 6.45) is 1.07. The van der Waals surface area contributed by atoms with E-state index in [2.05, 4.69) is 5.10 Å². The van der Waals surface area contributed by atoms with Gasteiger partial charge in [-0.2, -0.15) is 5.10 Å². The first-order valence-corrected chi connectivity index (χ1v) is 12.0. The Kier molecular flexibility index (Phi) is 6.97. The Morgan fingerprint density at radius 3 is 2.20 bits per heavy atom. The third-order valence-electron chi connectivity index (χ3n) is 5.15. The van der Waals surface area contributed by atoms with E-state index in [1.54, 1.807) is 24.6 Å². The Labute approximate surface area is 179 Å². The molecule has 0 unspecified atom stereocenters. The number of carbonyl (C=O) groups excluding carboxylic acids is 1. The van der Waals surface area contributed by atoms with Crippen LogP contribution >= 0.6 is 0 Å². The van der Waals surface area contributed by atoms with E-state index in [1.807, 2.05) is 41.5 Å². The number of aromatic nitrogens is 2. The molecule has 7 heteroatoms. The third kappa shape index (κ3) is 4.51. The molecule has 1 aromatic carbocycles. The van der Waals surface area contributed by atoms with Crippen molar-refractivity contribution in [1.82, 2.24) is 9.78 Å². The van der Waals surface area contributed by atoms with Crippen molar-refractivity contribution in [2.24, 2.45) is 0 Å². The van der Waals surface area contributed by atoms with Gasteiger partial charge in [0, 0.05) is 18.4 Å². The van der Waals surface area contributed by atoms with Crippen molar-refractivity contribution in [3.8, 4) is 5.88 Å². The first-order valence-electron chi connectivity index (χ1n) is 10.1. The fourth-order valence-corrected chi connectivity index (χ4v) is 4.46. The van der Waals surface area contributed by atoms with Gasteiger partial charge in [-0.25, -0.2) is 13.1 Å². The first kappa shape index (κ1) is 23.9. The maximum atomic E-state index is 13.6. The minimum absolute atomic E-state index is 0.116. The molecule has 164 valence electrons. The van der Waals surface area contributed by atoms with Crippen LogP contribution in [0.5, 0.6) is 5.88 Å². The fraction of sp³-hybridized carbons (Fsp3) is 0.478. The number of hydrogen-bond acceptors (Lipinski definition) is 5. The summed E-state index contributed by atoms with van der Waals surface area (Å²) < 4.78 is 32.5. The molecule has 0 bridgehead atoms. The minimum atomic E-state index is -3.46. The van der Waals surface area contributed by atoms with Crippen molar-refractivity contribution in [1.29, 1.82) is 0 Å². The molecular weight excluding hydrogens is 400 g/mol. The van der Waals surface area contributed by atoms with Crippen LogP contribution in [-0.4, -0.2) is 36.3 Å². The van der Waals surface area contributed by atoms with Gasteiger partial charge in [0.05, 0.1) is 16.7 Å². The molecule has 0 saturated heterocycles. The van der Waals surface area contributed by atoms with E-state index in [0.717, 1.165) is 11.1 Å². The molecular formula is C23H32N2O4S. The number of rotatable bonds is 7. The van der Waals surface area contributed by atoms with Gasteiger partial charge in [-0.15, -0.1) is 0 Å². The highest BCUT2D eigenvalue weighted by Crippen LogP contribution is 2.34. The molecule has 30 heavy (non-hydrogen) atoms. The lowest BCUT2D eigenvalue weighted by atomic mass is 9.91. The van der Waals surface area contributed by atoms with Gasteiger partial charge in [0.1, 0.15) is 5.56 Å². The van der Waals surface area contributed by atoms with E-state index >= 15 is 0 Å². The van der Waals surface area contributed by atoms with E-state index in [-0.39, 0.29) is 16.8 Å². The van der Waals surface area contributed by atoms with E-state index in [1.165, 1.54) is 12.3 Å². The predicted molar refractivity (Wildman–Crippen MR) is 120 cm³/mol. The first-order chi connectivity index (χ1) is 13.8. The van der Waals surface area contributed by atoms with Gasteiger partial charge >= 0.3 is 0 Å². The van der Waals surface area contributed by atoms with Crippen LogP contribution in [0.2, 0.25) is 0 Å². The second-order valence-electron chi connectivity index (χ2n) is 8.09. The monoisotopic (exact) mass is 432 g/mol. The smallest absolute Gasteiger partial charge is 0.223 e. The van der Waals surface area contributed by atoms with Crippen molar-refractivity contribution in [3.05, 3.63) is 45.7 Å². The van der Waals surface area contributed by atoms with E-state index in [9.17, 15) is 13.2 Å². The van der Waals surface area contributed by atoms with Crippen molar-refractivity contribution in [3.63, 3.8) is 0 Å². The average molecular weight is 433 g/mol. The lowest BCUT2D eigenvalue weighted by molar-refractivity contribution is 0.103. The molecule has 0 radical (unpaired) electrons. The highest BCUT2D eigenvalue weighted by atomic mass is 32.2. The topological polar surface area (TPSA) is 78.3 Å². The lowest BCUT2D eigenvalue weighted by Crippen LogP contribution is -2.15. The molecule has 2 aromatic rings. The largest absolute Gasteiger partial charge is 0.475 e. The standard InChI is InChI=1S/C23H32N2O4S/c1-10-25-23(29-14(4)5)21(17(8)24-25)22(26)18-11-12-19(30(9,27)28)20(16(18)7)15(6)13(2)3/h11-12,14H,10H2,1-9H3. The molecule has 0 N–H and O–H groups in total. The zero-order valence-electron chi connectivity index (χ0n) is 19.4. The Balaban J connectivity index is 2.82. The number of benzene rings is 1. The van der Waals surface area contributed by atoms with Crippen LogP contribution in [-0.2, 0) is 16.4 Å². The number of aryl methyl sites for hydroxylation is 2. The van der Waals surface area contributed by atoms with Gasteiger partial charge < -0.3 is 4.74 Å². The Hall–Kier alpha value is -2.41. The third-order valence-corrected chi connectivity index (χ3v) is 6.29. The Bertz CT molecular complexity index is 1120. The minimum Gasteiger partial charge on any atom is -0.475 e. The van der Waals surface area contributed by atoms with Crippen LogP contribution < -0.4 is 4.74 Å². The summed E-state index contributed by atoms with van der Waals surface area (Å²) in [6.45, 7) is 15.6. The molecule has 0 aliphatic carbocycles. The van der Waals surface area contributed by atoms with Gasteiger partial charge in [-0.1, -0.05) is 5.57 Å². The molecule has 1 heterocycles. The highest BCUT2D eigenvalue weighted by molar-refractivity contribution is 7.90. The van der Waals surface area contributed by atoms with Gasteiger partial charge in [0.15, 0.2) is 9.84 Å². The molecule has 0 aliphatic heterocycles. The van der Waals surface area contributed by atoms with Crippen LogP contribution in [0.15, 0.2) is 22.6 Å². The van der Waals surface area contributed by atoms with Crippen LogP contribution in [0.4, 0.5) is 0 Å². The Morgan fingerprint density at radius 1 is 1.13 bits per heavy atom. The maximum absolute atomic E-state index is 13.6. The van der Waals surface area contributed by atoms with Crippen molar-refractivity contribution >= 4 is 21.2 Å². The summed E-state index contributed by atoms with van der Waals surface area (Å²) in [6, 6.07) is 3.12. The van der Waals surface area contributed by atoms with Crippen molar-refractivity contribution < 1.29 is 17.9 Å². The number of sulfone groups is 1. The molecule has 0 fully saturated rings. The summed E-state index contributed by atoms with van der Waals surface area (Å²) in [5.74, 6) is 0.227. The zero-order valence-corrected chi connectivity index (χ0v) is 20.2. The molecule has 0 spiro atoms. The summed E-state index contributed by atoms with van der Waals surface area (Å²) in [4.78, 5) is 13.9. The van der Waals surface area contributed by atoms with Gasteiger partial charge in [0.2, 0.25) is 11.7 Å². The zero-order chi connectivity index (χ0) is 23.0. The molecule has 0 atom stereocenters. The lowest BCUT2D eigenvalue weighted by Gasteiger charge is -2.18. The van der Waals surface area contributed by atoms with E-state index in [4.69, 9.17) is 4.74 Å². The number of allylic oxidation sites excluding steroid dienone is 2. The highest BCUT2D eigenvalue weighted by Gasteiger charge is 2.28. The summed E-state index contributed by atoms with van der Waals surface area (Å²) >= 11 is 0. The SMILES string of the molecule is CCn1nc(C)c(C(=O)c2ccc(S(C)(=O)=O)c(C(C)=C(C)C)c2C)c1OC(C)C. The maximum Gasteiger partial charge on any atom is 0.223 e. The molecule has 1 aromatic heterocycles. The summed E-state index contributed by atoms with van der Waals surface area (Å²) in [7, 11) is -3.46. The average Bonchev–Trinajstić information content (AvgIpc) is 2.93. The second-order valence-corrected chi connectivity index (χ2v) is 10.1. The fourth-order valence-electron chi connectivity index (χ4n) is 3.47. The normalized spacial score (nSPS) is 11.7. The number of ether oxygens (including phenoxy) is 1. The van der Waals surface area contributed by atoms with Gasteiger partial charge in [-0.3, -0.25) is 4.79 Å². The molecule has 6 nitrogen and oxygen atoms in total. The number of ketones is 1. The quantitative estimate of drug-likeness (QED) is 0.590. The molecule has 0 saturated carbocycles. The van der Waals surface area contributed by atoms with Crippen LogP contribution in [0, 0.1) is 13.8 Å². The van der Waals surface area contributed by atoms with Crippen LogP contribution in [0.3, 0.4) is 0 Å². The number of nitrogens with zero attached hydrogens (tertiary/aromatic N) is 2. The van der Waals surface area contributed by atoms with Crippen molar-refractivity contribution in [2.75, 3.05) is 6.26 Å². The predicted octanol–water partition coefficient (Wildman–Crippen LogP) is 4.75. The number of hydrogen-bond donors (Lipinski definition) is 0. The van der Waals surface area contributed by atoms with Gasteiger partial charge in [-0.05, 0) is 84.2 Å². The van der Waals surface area contributed by atoms with E-state index < -0.39 is 9.84 Å². The molecule has 2 rings (SSSR count). The van der Waals surface area contributed by atoms with Gasteiger partial charge in [0.25, 0.3) is 0 Å². The van der Waals surface area contributed by atoms with Crippen molar-refractivity contribution in [2.45, 2.75) is 72.9 Å². The Morgan fingerprint density at radius 2 is 1.73 bits per heavy atom. The van der Waals surface area contributed by atoms with Crippen LogP contribution in [0.25, 0.3) is 5.57 Å². The summed E-state index contributed by atoms with van der Waals surface area (Å²) in [5.41, 5.74) is 4.53. The summed E-state index contributed by atoms with van der Waals surface area (Å²) in [5, 5.41) is 4.47. The second kappa shape index (κ2) is 8.76. The number of carbonyl (C=O) groups is 1.